The minimum absolute atomic E-state index is 0. The molecule has 22 heavy (non-hydrogen) atoms. The number of para-hydroxylation sites is 1. The Morgan fingerprint density at radius 3 is 2.45 bits per heavy atom. The van der Waals surface area contributed by atoms with Crippen LogP contribution >= 0.6 is 46.9 Å². The summed E-state index contributed by atoms with van der Waals surface area (Å²) in [5.41, 5.74) is 2.91. The van der Waals surface area contributed by atoms with Crippen LogP contribution in [0.4, 0.5) is 5.69 Å². The van der Waals surface area contributed by atoms with Crippen LogP contribution in [0.3, 0.4) is 0 Å². The van der Waals surface area contributed by atoms with Crippen molar-refractivity contribution >= 4 is 52.6 Å². The largest absolute Gasteiger partial charge is 0.319 e. The van der Waals surface area contributed by atoms with Gasteiger partial charge in [-0.1, -0.05) is 41.4 Å². The van der Waals surface area contributed by atoms with Gasteiger partial charge in [-0.3, -0.25) is 0 Å². The molecule has 0 aliphatic rings. The van der Waals surface area contributed by atoms with Crippen molar-refractivity contribution in [2.45, 2.75) is 0 Å². The molecule has 0 radical (unpaired) electrons. The Hall–Kier alpha value is -1.26. The van der Waals surface area contributed by atoms with E-state index in [1.54, 1.807) is 17.4 Å². The van der Waals surface area contributed by atoms with Crippen molar-refractivity contribution in [3.05, 3.63) is 68.8 Å². The SMILES string of the molecule is Cl.Cn1c(-c2ccc(Cl)cc2Cl)csc1=Nc1ccccc1. The smallest absolute Gasteiger partial charge is 0.190 e. The van der Waals surface area contributed by atoms with Gasteiger partial charge in [-0.05, 0) is 30.3 Å². The average Bonchev–Trinajstić information content (AvgIpc) is 2.82. The third kappa shape index (κ3) is 3.55. The fourth-order valence-electron chi connectivity index (χ4n) is 2.03. The van der Waals surface area contributed by atoms with Gasteiger partial charge >= 0.3 is 0 Å². The average molecular weight is 372 g/mol. The molecule has 3 rings (SSSR count). The van der Waals surface area contributed by atoms with Crippen LogP contribution in [0.2, 0.25) is 10.0 Å². The monoisotopic (exact) mass is 370 g/mol. The van der Waals surface area contributed by atoms with Crippen LogP contribution in [0.5, 0.6) is 0 Å². The highest BCUT2D eigenvalue weighted by Gasteiger charge is 2.09. The molecular formula is C16H13Cl3N2S. The van der Waals surface area contributed by atoms with Gasteiger partial charge < -0.3 is 4.57 Å². The van der Waals surface area contributed by atoms with E-state index >= 15 is 0 Å². The van der Waals surface area contributed by atoms with E-state index in [0.717, 1.165) is 21.7 Å². The Balaban J connectivity index is 0.00000176. The first kappa shape index (κ1) is 17.1. The standard InChI is InChI=1S/C16H12Cl2N2S.ClH/c1-20-15(13-8-7-11(17)9-14(13)18)10-21-16(20)19-12-5-3-2-4-6-12;/h2-10H,1H3;1H. The van der Waals surface area contributed by atoms with E-state index in [1.165, 1.54) is 0 Å². The van der Waals surface area contributed by atoms with Crippen molar-refractivity contribution in [3.8, 4) is 11.3 Å². The summed E-state index contributed by atoms with van der Waals surface area (Å²) < 4.78 is 2.03. The van der Waals surface area contributed by atoms with Crippen molar-refractivity contribution in [2.24, 2.45) is 12.0 Å². The van der Waals surface area contributed by atoms with E-state index in [-0.39, 0.29) is 12.4 Å². The van der Waals surface area contributed by atoms with Crippen molar-refractivity contribution in [1.82, 2.24) is 4.57 Å². The molecule has 6 heteroatoms. The van der Waals surface area contributed by atoms with E-state index in [9.17, 15) is 0 Å². The highest BCUT2D eigenvalue weighted by molar-refractivity contribution is 7.07. The molecule has 1 heterocycles. The third-order valence-corrected chi connectivity index (χ3v) is 4.58. The minimum atomic E-state index is 0. The molecule has 0 amide bonds. The third-order valence-electron chi connectivity index (χ3n) is 3.11. The lowest BCUT2D eigenvalue weighted by Gasteiger charge is -2.05. The topological polar surface area (TPSA) is 17.3 Å². The maximum absolute atomic E-state index is 6.28. The molecule has 0 aliphatic carbocycles. The van der Waals surface area contributed by atoms with Crippen LogP contribution in [-0.2, 0) is 7.05 Å². The number of rotatable bonds is 2. The molecule has 0 saturated carbocycles. The van der Waals surface area contributed by atoms with Gasteiger partial charge in [0.2, 0.25) is 0 Å². The van der Waals surface area contributed by atoms with Gasteiger partial charge in [-0.25, -0.2) is 4.99 Å². The molecule has 0 saturated heterocycles. The van der Waals surface area contributed by atoms with Gasteiger partial charge in [-0.15, -0.1) is 23.7 Å². The Kier molecular flexibility index (Phi) is 5.70. The van der Waals surface area contributed by atoms with Gasteiger partial charge in [0, 0.05) is 23.0 Å². The van der Waals surface area contributed by atoms with E-state index in [0.29, 0.717) is 10.0 Å². The first-order chi connectivity index (χ1) is 10.1. The molecule has 0 fully saturated rings. The summed E-state index contributed by atoms with van der Waals surface area (Å²) >= 11 is 13.8. The molecule has 0 aliphatic heterocycles. The predicted molar refractivity (Wildman–Crippen MR) is 97.7 cm³/mol. The minimum Gasteiger partial charge on any atom is -0.319 e. The van der Waals surface area contributed by atoms with E-state index in [2.05, 4.69) is 10.4 Å². The zero-order valence-electron chi connectivity index (χ0n) is 11.7. The van der Waals surface area contributed by atoms with Crippen LogP contribution in [0.15, 0.2) is 58.9 Å². The Labute approximate surface area is 149 Å². The summed E-state index contributed by atoms with van der Waals surface area (Å²) in [7, 11) is 1.98. The highest BCUT2D eigenvalue weighted by atomic mass is 35.5. The molecule has 0 unspecified atom stereocenters. The van der Waals surface area contributed by atoms with Crippen LogP contribution in [-0.4, -0.2) is 4.57 Å². The number of nitrogens with zero attached hydrogens (tertiary/aromatic N) is 2. The Morgan fingerprint density at radius 2 is 1.77 bits per heavy atom. The van der Waals surface area contributed by atoms with E-state index in [1.807, 2.05) is 54.1 Å². The summed E-state index contributed by atoms with van der Waals surface area (Å²) in [6.07, 6.45) is 0. The van der Waals surface area contributed by atoms with Gasteiger partial charge in [0.15, 0.2) is 4.80 Å². The second kappa shape index (κ2) is 7.34. The highest BCUT2D eigenvalue weighted by Crippen LogP contribution is 2.30. The quantitative estimate of drug-likeness (QED) is 0.548. The number of aromatic nitrogens is 1. The molecule has 0 spiro atoms. The van der Waals surface area contributed by atoms with E-state index in [4.69, 9.17) is 23.2 Å². The molecule has 114 valence electrons. The fourth-order valence-corrected chi connectivity index (χ4v) is 3.45. The summed E-state index contributed by atoms with van der Waals surface area (Å²) in [5.74, 6) is 0. The molecule has 0 atom stereocenters. The number of halogens is 3. The number of thiazole rings is 1. The van der Waals surface area contributed by atoms with Crippen LogP contribution in [0.25, 0.3) is 11.3 Å². The number of hydrogen-bond acceptors (Lipinski definition) is 2. The second-order valence-electron chi connectivity index (χ2n) is 4.53. The second-order valence-corrected chi connectivity index (χ2v) is 6.21. The molecule has 0 N–H and O–H groups in total. The predicted octanol–water partition coefficient (Wildman–Crippen LogP) is 5.71. The molecular weight excluding hydrogens is 359 g/mol. The number of hydrogen-bond donors (Lipinski definition) is 0. The van der Waals surface area contributed by atoms with Crippen LogP contribution < -0.4 is 4.80 Å². The lowest BCUT2D eigenvalue weighted by Crippen LogP contribution is -2.10. The summed E-state index contributed by atoms with van der Waals surface area (Å²) in [4.78, 5) is 5.57. The van der Waals surface area contributed by atoms with Gasteiger partial charge in [0.1, 0.15) is 0 Å². The maximum atomic E-state index is 6.28. The van der Waals surface area contributed by atoms with Crippen LogP contribution in [0.1, 0.15) is 0 Å². The first-order valence-electron chi connectivity index (χ1n) is 6.35. The summed E-state index contributed by atoms with van der Waals surface area (Å²) in [6, 6.07) is 15.4. The van der Waals surface area contributed by atoms with Gasteiger partial charge in [-0.2, -0.15) is 0 Å². The Morgan fingerprint density at radius 1 is 1.05 bits per heavy atom. The number of benzene rings is 2. The maximum Gasteiger partial charge on any atom is 0.190 e. The summed E-state index contributed by atoms with van der Waals surface area (Å²) in [6.45, 7) is 0. The van der Waals surface area contributed by atoms with Gasteiger partial charge in [0.05, 0.1) is 16.4 Å². The molecule has 2 nitrogen and oxygen atoms in total. The zero-order valence-corrected chi connectivity index (χ0v) is 14.8. The molecule has 3 aromatic rings. The summed E-state index contributed by atoms with van der Waals surface area (Å²) in [5, 5.41) is 3.33. The van der Waals surface area contributed by atoms with Gasteiger partial charge in [0.25, 0.3) is 0 Å². The lowest BCUT2D eigenvalue weighted by molar-refractivity contribution is 0.883. The van der Waals surface area contributed by atoms with Crippen LogP contribution in [0, 0.1) is 0 Å². The molecule has 0 bridgehead atoms. The zero-order chi connectivity index (χ0) is 14.8. The van der Waals surface area contributed by atoms with Crippen molar-refractivity contribution < 1.29 is 0 Å². The van der Waals surface area contributed by atoms with E-state index < -0.39 is 0 Å². The first-order valence-corrected chi connectivity index (χ1v) is 7.98. The van der Waals surface area contributed by atoms with Crippen molar-refractivity contribution in [2.75, 3.05) is 0 Å². The molecule has 2 aromatic carbocycles. The van der Waals surface area contributed by atoms with Crippen molar-refractivity contribution in [1.29, 1.82) is 0 Å². The fraction of sp³-hybridized carbons (Fsp3) is 0.0625. The normalized spacial score (nSPS) is 11.3. The van der Waals surface area contributed by atoms with Crippen molar-refractivity contribution in [3.63, 3.8) is 0 Å². The Bertz CT molecular complexity index is 838. The lowest BCUT2D eigenvalue weighted by atomic mass is 10.2. The molecule has 1 aromatic heterocycles.